The van der Waals surface area contributed by atoms with Crippen molar-refractivity contribution in [2.45, 2.75) is 78.7 Å². The lowest BCUT2D eigenvalue weighted by Gasteiger charge is -2.56. The third-order valence-corrected chi connectivity index (χ3v) is 8.29. The van der Waals surface area contributed by atoms with E-state index in [0.29, 0.717) is 11.1 Å². The predicted molar refractivity (Wildman–Crippen MR) is 136 cm³/mol. The first kappa shape index (κ1) is 25.9. The molecule has 1 aromatic rings. The van der Waals surface area contributed by atoms with E-state index in [1.54, 1.807) is 13.8 Å². The maximum atomic E-state index is 14.1. The summed E-state index contributed by atoms with van der Waals surface area (Å²) in [5.74, 6) is -3.96. The summed E-state index contributed by atoms with van der Waals surface area (Å²) in [5, 5.41) is 45.6. The van der Waals surface area contributed by atoms with E-state index in [2.05, 4.69) is 6.58 Å². The highest BCUT2D eigenvalue weighted by Crippen LogP contribution is 2.63. The summed E-state index contributed by atoms with van der Waals surface area (Å²) in [7, 11) is 0. The number of aliphatic hydroxyl groups excluding tert-OH is 2. The lowest BCUT2D eigenvalue weighted by Crippen LogP contribution is -2.65. The number of carbonyl (C=O) groups excluding carboxylic acids is 3. The van der Waals surface area contributed by atoms with E-state index in [0.717, 1.165) is 18.1 Å². The number of Topliss-reactive ketones (excluding diaryl/α,β-unsaturated/α-hetero) is 3. The van der Waals surface area contributed by atoms with Crippen molar-refractivity contribution in [1.29, 1.82) is 0 Å². The molecule has 3 aliphatic rings. The van der Waals surface area contributed by atoms with Gasteiger partial charge < -0.3 is 20.4 Å². The molecule has 192 valence electrons. The zero-order valence-corrected chi connectivity index (χ0v) is 21.9. The van der Waals surface area contributed by atoms with Crippen LogP contribution in [0.1, 0.15) is 83.6 Å². The smallest absolute Gasteiger partial charge is 0.203 e. The number of fused-ring (bicyclic) bond motifs is 3. The molecule has 4 rings (SSSR count). The lowest BCUT2D eigenvalue weighted by molar-refractivity contribution is -0.164. The molecule has 0 heterocycles. The van der Waals surface area contributed by atoms with Crippen LogP contribution in [-0.4, -0.2) is 43.4 Å². The van der Waals surface area contributed by atoms with Crippen LogP contribution in [-0.2, 0) is 26.2 Å². The van der Waals surface area contributed by atoms with Gasteiger partial charge in [0.25, 0.3) is 0 Å². The number of allylic oxidation sites excluding steroid dienone is 2. The molecule has 1 saturated carbocycles. The van der Waals surface area contributed by atoms with Gasteiger partial charge in [0.15, 0.2) is 17.2 Å². The molecule has 0 aliphatic heterocycles. The molecular formula is C29H34O7. The zero-order valence-electron chi connectivity index (χ0n) is 21.9. The first-order chi connectivity index (χ1) is 16.3. The van der Waals surface area contributed by atoms with Crippen molar-refractivity contribution in [3.63, 3.8) is 0 Å². The largest absolute Gasteiger partial charge is 0.508 e. The Kier molecular flexibility index (Phi) is 5.33. The monoisotopic (exact) mass is 494 g/mol. The second kappa shape index (κ2) is 7.42. The predicted octanol–water partition coefficient (Wildman–Crippen LogP) is 4.64. The summed E-state index contributed by atoms with van der Waals surface area (Å²) in [6.07, 6.45) is -0.0106. The summed E-state index contributed by atoms with van der Waals surface area (Å²) in [6, 6.07) is 1.86. The molecule has 3 aliphatic carbocycles. The molecule has 0 radical (unpaired) electrons. The van der Waals surface area contributed by atoms with Crippen LogP contribution in [0.3, 0.4) is 0 Å². The van der Waals surface area contributed by atoms with Crippen LogP contribution in [0, 0.1) is 10.8 Å². The van der Waals surface area contributed by atoms with Gasteiger partial charge in [0.2, 0.25) is 5.78 Å². The highest BCUT2D eigenvalue weighted by molar-refractivity contribution is 6.23. The number of carbonyl (C=O) groups is 3. The Balaban J connectivity index is 2.10. The molecule has 0 unspecified atom stereocenters. The van der Waals surface area contributed by atoms with Crippen molar-refractivity contribution in [2.24, 2.45) is 10.8 Å². The van der Waals surface area contributed by atoms with Crippen molar-refractivity contribution < 1.29 is 34.8 Å². The zero-order chi connectivity index (χ0) is 27.3. The maximum absolute atomic E-state index is 14.1. The Bertz CT molecular complexity index is 1350. The first-order valence-electron chi connectivity index (χ1n) is 12.1. The molecule has 0 amide bonds. The molecule has 0 aromatic heterocycles. The molecule has 3 atom stereocenters. The van der Waals surface area contributed by atoms with E-state index in [4.69, 9.17) is 0 Å². The topological polar surface area (TPSA) is 132 Å². The number of phenolic OH excluding ortho intramolecular Hbond substituents is 1. The number of benzene rings is 1. The van der Waals surface area contributed by atoms with Gasteiger partial charge >= 0.3 is 0 Å². The summed E-state index contributed by atoms with van der Waals surface area (Å²) >= 11 is 0. The normalized spacial score (nSPS) is 30.1. The SMILES string of the molecule is C=C(C)c1cc(C(C)(C)C)c(O)c2c1C[C@@]1(C)C[C@@]3(C)CC(=O)C(C(C)=O)=C(O)[C@@]3(O)C(=O)C1=C2O. The molecule has 0 saturated heterocycles. The fourth-order valence-corrected chi connectivity index (χ4v) is 6.67. The van der Waals surface area contributed by atoms with Gasteiger partial charge in [-0.25, -0.2) is 0 Å². The number of hydrogen-bond donors (Lipinski definition) is 4. The van der Waals surface area contributed by atoms with Crippen LogP contribution >= 0.6 is 0 Å². The molecule has 0 spiro atoms. The van der Waals surface area contributed by atoms with Crippen LogP contribution in [0.2, 0.25) is 0 Å². The van der Waals surface area contributed by atoms with Crippen LogP contribution in [0.15, 0.2) is 29.6 Å². The van der Waals surface area contributed by atoms with E-state index in [1.165, 1.54) is 0 Å². The molecule has 1 fully saturated rings. The van der Waals surface area contributed by atoms with Gasteiger partial charge in [0.1, 0.15) is 22.8 Å². The van der Waals surface area contributed by atoms with Crippen molar-refractivity contribution in [1.82, 2.24) is 0 Å². The minimum atomic E-state index is -2.57. The van der Waals surface area contributed by atoms with Gasteiger partial charge in [-0.3, -0.25) is 14.4 Å². The van der Waals surface area contributed by atoms with Crippen molar-refractivity contribution in [2.75, 3.05) is 0 Å². The third-order valence-electron chi connectivity index (χ3n) is 8.29. The number of ketones is 3. The first-order valence-corrected chi connectivity index (χ1v) is 12.1. The Morgan fingerprint density at radius 1 is 1.06 bits per heavy atom. The average Bonchev–Trinajstić information content (AvgIpc) is 2.68. The summed E-state index contributed by atoms with van der Waals surface area (Å²) in [4.78, 5) is 39.0. The third kappa shape index (κ3) is 3.11. The Morgan fingerprint density at radius 3 is 2.14 bits per heavy atom. The Hall–Kier alpha value is -3.19. The van der Waals surface area contributed by atoms with E-state index in [1.807, 2.05) is 33.8 Å². The van der Waals surface area contributed by atoms with Gasteiger partial charge in [0, 0.05) is 28.4 Å². The highest BCUT2D eigenvalue weighted by Gasteiger charge is 2.68. The number of aromatic hydroxyl groups is 1. The van der Waals surface area contributed by atoms with Crippen molar-refractivity contribution in [3.05, 3.63) is 51.8 Å². The van der Waals surface area contributed by atoms with Crippen LogP contribution < -0.4 is 0 Å². The van der Waals surface area contributed by atoms with E-state index >= 15 is 0 Å². The van der Waals surface area contributed by atoms with Crippen molar-refractivity contribution in [3.8, 4) is 5.75 Å². The Labute approximate surface area is 210 Å². The molecule has 7 heteroatoms. The highest BCUT2D eigenvalue weighted by atomic mass is 16.3. The summed E-state index contributed by atoms with van der Waals surface area (Å²) in [5.41, 5.74) is -3.47. The summed E-state index contributed by atoms with van der Waals surface area (Å²) < 4.78 is 0. The molecule has 7 nitrogen and oxygen atoms in total. The van der Waals surface area contributed by atoms with Crippen LogP contribution in [0.5, 0.6) is 5.75 Å². The lowest BCUT2D eigenvalue weighted by atomic mass is 9.47. The fraction of sp³-hybridized carbons (Fsp3) is 0.483. The molecular weight excluding hydrogens is 460 g/mol. The van der Waals surface area contributed by atoms with Gasteiger partial charge in [-0.1, -0.05) is 46.8 Å². The summed E-state index contributed by atoms with van der Waals surface area (Å²) in [6.45, 7) is 16.1. The minimum absolute atomic E-state index is 0.0689. The number of aliphatic hydroxyl groups is 3. The van der Waals surface area contributed by atoms with Crippen LogP contribution in [0.4, 0.5) is 0 Å². The van der Waals surface area contributed by atoms with Gasteiger partial charge in [-0.05, 0) is 49.3 Å². The minimum Gasteiger partial charge on any atom is -0.508 e. The van der Waals surface area contributed by atoms with Gasteiger partial charge in [-0.15, -0.1) is 0 Å². The molecule has 36 heavy (non-hydrogen) atoms. The number of hydrogen-bond acceptors (Lipinski definition) is 7. The van der Waals surface area contributed by atoms with E-state index < -0.39 is 56.3 Å². The van der Waals surface area contributed by atoms with Crippen LogP contribution in [0.25, 0.3) is 11.3 Å². The quantitative estimate of drug-likeness (QED) is 0.440. The van der Waals surface area contributed by atoms with E-state index in [-0.39, 0.29) is 36.1 Å². The van der Waals surface area contributed by atoms with Gasteiger partial charge in [-0.2, -0.15) is 0 Å². The molecule has 4 N–H and O–H groups in total. The fourth-order valence-electron chi connectivity index (χ4n) is 6.67. The van der Waals surface area contributed by atoms with Crippen molar-refractivity contribution >= 4 is 28.7 Å². The second-order valence-corrected chi connectivity index (χ2v) is 12.3. The molecule has 1 aromatic carbocycles. The average molecular weight is 495 g/mol. The number of rotatable bonds is 2. The van der Waals surface area contributed by atoms with E-state index in [9.17, 15) is 34.8 Å². The maximum Gasteiger partial charge on any atom is 0.203 e. The standard InChI is InChI=1S/C29H34O7/c1-13(2)15-9-17(26(4,5)6)22(32)20-16(15)10-27(7)12-28(8)11-18(31)19(14(3)30)24(34)29(28,36)25(35)21(27)23(20)33/h9,32-34,36H,1,10-12H2,2-8H3/t27-,28+,29+/m0/s1. The molecule has 0 bridgehead atoms. The van der Waals surface area contributed by atoms with Gasteiger partial charge in [0.05, 0.1) is 5.56 Å². The number of phenols is 1. The second-order valence-electron chi connectivity index (χ2n) is 12.3. The Morgan fingerprint density at radius 2 is 1.64 bits per heavy atom.